The minimum Gasteiger partial charge on any atom is -0.455 e. The highest BCUT2D eigenvalue weighted by Crippen LogP contribution is 2.41. The predicted octanol–water partition coefficient (Wildman–Crippen LogP) is 2.61. The zero-order valence-electron chi connectivity index (χ0n) is 40.3. The average Bonchev–Trinajstić information content (AvgIpc) is 3.78. The van der Waals surface area contributed by atoms with Crippen LogP contribution in [0, 0.1) is 0 Å². The van der Waals surface area contributed by atoms with Crippen molar-refractivity contribution in [3.05, 3.63) is 188 Å². The quantitative estimate of drug-likeness (QED) is 0.219. The summed E-state index contributed by atoms with van der Waals surface area (Å²) in [7, 11) is 18.5. The molecular weight excluding hydrogens is 813 g/mol. The second kappa shape index (κ2) is 17.3. The van der Waals surface area contributed by atoms with Crippen LogP contribution in [0.15, 0.2) is 192 Å². The predicted molar refractivity (Wildman–Crippen MR) is 319 cm³/mol. The zero-order chi connectivity index (χ0) is 46.8. The van der Waals surface area contributed by atoms with E-state index in [0.717, 1.165) is 44.1 Å². The van der Waals surface area contributed by atoms with Crippen LogP contribution in [0.2, 0.25) is 0 Å². The van der Waals surface area contributed by atoms with E-state index < -0.39 is 0 Å². The fourth-order valence-corrected chi connectivity index (χ4v) is 11.0. The number of rotatable bonds is 8. The first-order valence-corrected chi connectivity index (χ1v) is 23.8. The summed E-state index contributed by atoms with van der Waals surface area (Å²) in [6.45, 7) is 0. The van der Waals surface area contributed by atoms with Crippen molar-refractivity contribution < 1.29 is 4.42 Å². The molecule has 0 aliphatic carbocycles. The highest BCUT2D eigenvalue weighted by molar-refractivity contribution is 6.65. The smallest absolute Gasteiger partial charge is 0.143 e. The fraction of sp³-hybridized carbons (Fsp3) is 0. The van der Waals surface area contributed by atoms with Gasteiger partial charge in [0.05, 0.1) is 0 Å². The molecule has 2 nitrogen and oxygen atoms in total. The molecule has 68 heavy (non-hydrogen) atoms. The lowest BCUT2D eigenvalue weighted by molar-refractivity contribution is 0.673. The number of hydrogen-bond donors (Lipinski definition) is 0. The standard InChI is InChI=1S/C58H47B8NO/c59-48-45(37-23-21-34(22-24-37)32-11-3-1-4-12-32)49(60)53(64)56(52(48)63)67(57-54(65)50(61)46(51(62)55(57)66)39-17-9-16-38(31-39)33-13-5-2-6-14-33)40-28-25-36(26-29-40)41-19-10-20-44-47(41)43-30-27-35-15-7-8-18-42(35)58(43)68-44/h1-31H,59-66H2. The van der Waals surface area contributed by atoms with Gasteiger partial charge in [0.15, 0.2) is 0 Å². The maximum atomic E-state index is 6.63. The Balaban J connectivity index is 1.09. The largest absolute Gasteiger partial charge is 0.455 e. The number of anilines is 3. The Kier molecular flexibility index (Phi) is 11.0. The molecule has 0 fully saturated rings. The zero-order valence-corrected chi connectivity index (χ0v) is 40.3. The van der Waals surface area contributed by atoms with Crippen LogP contribution in [0.1, 0.15) is 0 Å². The van der Waals surface area contributed by atoms with Crippen LogP contribution in [0.3, 0.4) is 0 Å². The highest BCUT2D eigenvalue weighted by Gasteiger charge is 2.27. The van der Waals surface area contributed by atoms with E-state index in [1.807, 2.05) is 0 Å². The van der Waals surface area contributed by atoms with Gasteiger partial charge in [-0.1, -0.05) is 201 Å². The Hall–Kier alpha value is -7.42. The van der Waals surface area contributed by atoms with E-state index in [1.165, 1.54) is 105 Å². The van der Waals surface area contributed by atoms with Gasteiger partial charge in [0.25, 0.3) is 0 Å². The molecule has 0 saturated heterocycles. The van der Waals surface area contributed by atoms with E-state index >= 15 is 0 Å². The summed E-state index contributed by atoms with van der Waals surface area (Å²) in [4.78, 5) is 2.57. The normalized spacial score (nSPS) is 11.4. The molecule has 11 rings (SSSR count). The van der Waals surface area contributed by atoms with Crippen molar-refractivity contribution in [3.8, 4) is 55.6 Å². The Morgan fingerprint density at radius 3 is 1.41 bits per heavy atom. The molecule has 314 valence electrons. The number of hydrogen-bond acceptors (Lipinski definition) is 2. The maximum Gasteiger partial charge on any atom is 0.143 e. The Labute approximate surface area is 407 Å². The molecule has 0 N–H and O–H groups in total. The summed E-state index contributed by atoms with van der Waals surface area (Å²) in [5, 5.41) is 4.60. The van der Waals surface area contributed by atoms with Crippen molar-refractivity contribution in [2.45, 2.75) is 0 Å². The van der Waals surface area contributed by atoms with Crippen molar-refractivity contribution in [2.24, 2.45) is 0 Å². The van der Waals surface area contributed by atoms with Crippen molar-refractivity contribution >= 4 is 156 Å². The molecule has 0 saturated carbocycles. The molecule has 11 aromatic rings. The van der Waals surface area contributed by atoms with E-state index in [2.05, 4.69) is 256 Å². The molecule has 1 aromatic heterocycles. The van der Waals surface area contributed by atoms with Gasteiger partial charge in [-0.3, -0.25) is 0 Å². The van der Waals surface area contributed by atoms with E-state index in [0.29, 0.717) is 0 Å². The van der Waals surface area contributed by atoms with E-state index in [-0.39, 0.29) is 0 Å². The van der Waals surface area contributed by atoms with Gasteiger partial charge >= 0.3 is 0 Å². The van der Waals surface area contributed by atoms with Gasteiger partial charge in [0, 0.05) is 33.2 Å². The summed E-state index contributed by atoms with van der Waals surface area (Å²) in [5.74, 6) is 0. The van der Waals surface area contributed by atoms with Crippen LogP contribution in [0.25, 0.3) is 88.3 Å². The maximum absolute atomic E-state index is 6.63. The summed E-state index contributed by atoms with van der Waals surface area (Å²) in [6, 6.07) is 68.2. The molecular formula is C58H47B8NO. The van der Waals surface area contributed by atoms with E-state index in [9.17, 15) is 0 Å². The molecule has 0 atom stereocenters. The van der Waals surface area contributed by atoms with Gasteiger partial charge in [0.1, 0.15) is 73.9 Å². The van der Waals surface area contributed by atoms with Gasteiger partial charge in [-0.2, -0.15) is 0 Å². The minimum absolute atomic E-state index is 0.901. The second-order valence-corrected chi connectivity index (χ2v) is 18.7. The van der Waals surface area contributed by atoms with Crippen molar-refractivity contribution in [3.63, 3.8) is 0 Å². The lowest BCUT2D eigenvalue weighted by Gasteiger charge is -2.36. The van der Waals surface area contributed by atoms with Crippen molar-refractivity contribution in [1.82, 2.24) is 0 Å². The van der Waals surface area contributed by atoms with Gasteiger partial charge in [-0.15, -0.1) is 0 Å². The molecule has 0 radical (unpaired) electrons. The van der Waals surface area contributed by atoms with Crippen LogP contribution in [-0.4, -0.2) is 62.8 Å². The molecule has 10 heteroatoms. The van der Waals surface area contributed by atoms with Gasteiger partial charge in [-0.25, -0.2) is 0 Å². The third-order valence-electron chi connectivity index (χ3n) is 15.0. The Bertz CT molecular complexity index is 3700. The number of nitrogens with zero attached hydrogens (tertiary/aromatic N) is 1. The minimum atomic E-state index is 0.901. The fourth-order valence-electron chi connectivity index (χ4n) is 11.0. The Morgan fingerprint density at radius 2 is 0.794 bits per heavy atom. The van der Waals surface area contributed by atoms with Crippen LogP contribution in [0.4, 0.5) is 17.1 Å². The third-order valence-corrected chi connectivity index (χ3v) is 15.0. The number of furan rings is 1. The highest BCUT2D eigenvalue weighted by atomic mass is 16.3. The average molecular weight is 861 g/mol. The number of fused-ring (bicyclic) bond motifs is 5. The lowest BCUT2D eigenvalue weighted by Crippen LogP contribution is -2.50. The van der Waals surface area contributed by atoms with Crippen LogP contribution in [-0.2, 0) is 0 Å². The summed E-state index contributed by atoms with van der Waals surface area (Å²) >= 11 is 0. The first-order chi connectivity index (χ1) is 33.1. The second-order valence-electron chi connectivity index (χ2n) is 18.7. The Morgan fingerprint density at radius 1 is 0.324 bits per heavy atom. The van der Waals surface area contributed by atoms with Crippen LogP contribution < -0.4 is 48.6 Å². The SMILES string of the molecule is Bc1c(B)c(N(c2ccc(-c3cccc4oc5c6ccccc6ccc5c34)cc2)c2c(B)c(B)c(-c3cccc(-c4ccccc4)c3)c(B)c2B)c(B)c(B)c1-c1ccc(-c2ccccc2)cc1. The summed E-state index contributed by atoms with van der Waals surface area (Å²) < 4.78 is 6.63. The van der Waals surface area contributed by atoms with E-state index in [4.69, 9.17) is 4.42 Å². The molecule has 0 amide bonds. The third kappa shape index (κ3) is 7.17. The van der Waals surface area contributed by atoms with Gasteiger partial charge < -0.3 is 9.32 Å². The van der Waals surface area contributed by atoms with Crippen LogP contribution >= 0.6 is 0 Å². The molecule has 0 aliphatic heterocycles. The van der Waals surface area contributed by atoms with Crippen LogP contribution in [0.5, 0.6) is 0 Å². The molecule has 1 heterocycles. The van der Waals surface area contributed by atoms with Gasteiger partial charge in [0.2, 0.25) is 0 Å². The topological polar surface area (TPSA) is 16.4 Å². The molecule has 0 aliphatic rings. The first kappa shape index (κ1) is 43.2. The molecule has 10 aromatic carbocycles. The number of benzene rings is 10. The van der Waals surface area contributed by atoms with E-state index in [1.54, 1.807) is 0 Å². The molecule has 0 unspecified atom stereocenters. The molecule has 0 bridgehead atoms. The van der Waals surface area contributed by atoms with Crippen molar-refractivity contribution in [2.75, 3.05) is 4.90 Å². The first-order valence-electron chi connectivity index (χ1n) is 23.8. The van der Waals surface area contributed by atoms with Crippen molar-refractivity contribution in [1.29, 1.82) is 0 Å². The molecule has 0 spiro atoms. The van der Waals surface area contributed by atoms with Gasteiger partial charge in [-0.05, 0) is 91.4 Å². The summed E-state index contributed by atoms with van der Waals surface area (Å²) in [5.41, 5.74) is 28.0. The monoisotopic (exact) mass is 861 g/mol. The lowest BCUT2D eigenvalue weighted by atomic mass is 9.63. The summed E-state index contributed by atoms with van der Waals surface area (Å²) in [6.07, 6.45) is 0.